The van der Waals surface area contributed by atoms with Crippen molar-refractivity contribution in [1.82, 2.24) is 18.7 Å². The van der Waals surface area contributed by atoms with Crippen molar-refractivity contribution < 1.29 is 9.53 Å². The van der Waals surface area contributed by atoms with Crippen molar-refractivity contribution in [2.45, 2.75) is 26.4 Å². The summed E-state index contributed by atoms with van der Waals surface area (Å²) in [6.45, 7) is 5.44. The van der Waals surface area contributed by atoms with Crippen molar-refractivity contribution in [3.63, 3.8) is 0 Å². The fourth-order valence-electron chi connectivity index (χ4n) is 2.59. The van der Waals surface area contributed by atoms with Gasteiger partial charge in [0.25, 0.3) is 0 Å². The summed E-state index contributed by atoms with van der Waals surface area (Å²) < 4.78 is 11.7. The predicted molar refractivity (Wildman–Crippen MR) is 101 cm³/mol. The van der Waals surface area contributed by atoms with Gasteiger partial charge in [-0.1, -0.05) is 18.2 Å². The monoisotopic (exact) mass is 367 g/mol. The topological polar surface area (TPSA) is 81.4 Å². The minimum absolute atomic E-state index is 0.405. The Morgan fingerprint density at radius 2 is 1.92 bits per heavy atom. The molecule has 7 nitrogen and oxygen atoms in total. The number of carbonyl (C=O) groups is 1. The highest BCUT2D eigenvalue weighted by molar-refractivity contribution is 7.11. The number of benzene rings is 1. The summed E-state index contributed by atoms with van der Waals surface area (Å²) in [7, 11) is 0. The minimum Gasteiger partial charge on any atom is -0.444 e. The van der Waals surface area contributed by atoms with Gasteiger partial charge in [-0.3, -0.25) is 9.72 Å². The smallest absolute Gasteiger partial charge is 0.413 e. The Hall–Kier alpha value is -3.00. The summed E-state index contributed by atoms with van der Waals surface area (Å²) in [4.78, 5) is 21.8. The normalized spacial score (nSPS) is 11.8. The van der Waals surface area contributed by atoms with Crippen LogP contribution in [-0.4, -0.2) is 30.4 Å². The molecule has 0 atom stereocenters. The number of imidazole rings is 1. The summed E-state index contributed by atoms with van der Waals surface area (Å²) in [5, 5.41) is 2.66. The number of rotatable bonds is 2. The van der Waals surface area contributed by atoms with E-state index in [0.29, 0.717) is 17.3 Å². The number of fused-ring (bicyclic) bond motifs is 3. The second-order valence-electron chi connectivity index (χ2n) is 6.76. The third-order valence-electron chi connectivity index (χ3n) is 3.56. The maximum Gasteiger partial charge on any atom is 0.413 e. The Morgan fingerprint density at radius 1 is 1.12 bits per heavy atom. The highest BCUT2D eigenvalue weighted by Gasteiger charge is 2.18. The summed E-state index contributed by atoms with van der Waals surface area (Å²) in [6, 6.07) is 13.3. The number of nitrogens with zero attached hydrogens (tertiary/aromatic N) is 4. The number of pyridine rings is 1. The number of aromatic nitrogens is 4. The van der Waals surface area contributed by atoms with Gasteiger partial charge in [0.15, 0.2) is 5.82 Å². The van der Waals surface area contributed by atoms with Gasteiger partial charge >= 0.3 is 6.09 Å². The molecule has 0 bridgehead atoms. The van der Waals surface area contributed by atoms with E-state index in [2.05, 4.69) is 19.7 Å². The van der Waals surface area contributed by atoms with Crippen LogP contribution in [0.4, 0.5) is 10.6 Å². The zero-order chi connectivity index (χ0) is 18.3. The van der Waals surface area contributed by atoms with Gasteiger partial charge in [-0.25, -0.2) is 14.8 Å². The van der Waals surface area contributed by atoms with Crippen LogP contribution in [0, 0.1) is 0 Å². The molecule has 0 aliphatic carbocycles. The van der Waals surface area contributed by atoms with Crippen LogP contribution in [0.5, 0.6) is 0 Å². The lowest BCUT2D eigenvalue weighted by molar-refractivity contribution is 0.0635. The molecule has 1 N–H and O–H groups in total. The Balaban J connectivity index is 1.71. The van der Waals surface area contributed by atoms with E-state index in [1.54, 1.807) is 6.07 Å². The van der Waals surface area contributed by atoms with Gasteiger partial charge in [0, 0.05) is 11.5 Å². The minimum atomic E-state index is -0.571. The van der Waals surface area contributed by atoms with E-state index >= 15 is 0 Å². The first kappa shape index (κ1) is 16.5. The number of carbonyl (C=O) groups excluding carboxylic acids is 1. The molecule has 0 radical (unpaired) electrons. The average molecular weight is 367 g/mol. The molecule has 4 aromatic rings. The lowest BCUT2D eigenvalue weighted by Crippen LogP contribution is -2.27. The van der Waals surface area contributed by atoms with Gasteiger partial charge in [-0.15, -0.1) is 0 Å². The Labute approximate surface area is 153 Å². The lowest BCUT2D eigenvalue weighted by Gasteiger charge is -2.19. The average Bonchev–Trinajstić information content (AvgIpc) is 3.12. The Bertz CT molecular complexity index is 1110. The maximum absolute atomic E-state index is 12.0. The van der Waals surface area contributed by atoms with Crippen LogP contribution in [-0.2, 0) is 4.74 Å². The standard InChI is InChI=1S/C18H17N5O2S/c1-18(2,3)25-17(24)21-14-10-6-8-12(19-14)15-22-26-16-20-11-7-4-5-9-13(11)23(15)16/h4-10H,1-3H3,(H,19,21,24). The van der Waals surface area contributed by atoms with E-state index in [9.17, 15) is 4.79 Å². The third kappa shape index (κ3) is 3.11. The molecule has 4 rings (SSSR count). The molecular formula is C18H17N5O2S. The van der Waals surface area contributed by atoms with E-state index < -0.39 is 11.7 Å². The van der Waals surface area contributed by atoms with Crippen LogP contribution >= 0.6 is 11.5 Å². The summed E-state index contributed by atoms with van der Waals surface area (Å²) in [5.74, 6) is 1.09. The molecule has 0 aliphatic heterocycles. The number of amides is 1. The van der Waals surface area contributed by atoms with Gasteiger partial charge in [0.1, 0.15) is 17.1 Å². The van der Waals surface area contributed by atoms with E-state index in [1.165, 1.54) is 11.5 Å². The molecule has 0 fully saturated rings. The fraction of sp³-hybridized carbons (Fsp3) is 0.222. The number of hydrogen-bond donors (Lipinski definition) is 1. The molecule has 8 heteroatoms. The second kappa shape index (κ2) is 6.06. The molecule has 0 unspecified atom stereocenters. The molecule has 1 amide bonds. The number of ether oxygens (including phenoxy) is 1. The lowest BCUT2D eigenvalue weighted by atomic mass is 10.2. The Morgan fingerprint density at radius 3 is 2.73 bits per heavy atom. The molecule has 1 aromatic carbocycles. The summed E-state index contributed by atoms with van der Waals surface area (Å²) in [6.07, 6.45) is -0.543. The van der Waals surface area contributed by atoms with Gasteiger partial charge in [0.2, 0.25) is 4.96 Å². The third-order valence-corrected chi connectivity index (χ3v) is 4.26. The first-order valence-corrected chi connectivity index (χ1v) is 8.88. The van der Waals surface area contributed by atoms with Crippen LogP contribution in [0.3, 0.4) is 0 Å². The number of nitrogens with one attached hydrogen (secondary N) is 1. The van der Waals surface area contributed by atoms with Gasteiger partial charge in [-0.2, -0.15) is 4.37 Å². The van der Waals surface area contributed by atoms with Crippen LogP contribution in [0.1, 0.15) is 20.8 Å². The van der Waals surface area contributed by atoms with Gasteiger partial charge in [-0.05, 0) is 45.0 Å². The van der Waals surface area contributed by atoms with Crippen LogP contribution in [0.15, 0.2) is 42.5 Å². The SMILES string of the molecule is CC(C)(C)OC(=O)Nc1cccc(-c2nsc3nc4ccccc4n23)n1. The highest BCUT2D eigenvalue weighted by atomic mass is 32.1. The molecule has 3 aromatic heterocycles. The number of anilines is 1. The van der Waals surface area contributed by atoms with Crippen molar-refractivity contribution in [1.29, 1.82) is 0 Å². The maximum atomic E-state index is 12.0. The molecular weight excluding hydrogens is 350 g/mol. The molecule has 0 spiro atoms. The van der Waals surface area contributed by atoms with E-state index in [0.717, 1.165) is 16.0 Å². The van der Waals surface area contributed by atoms with E-state index in [-0.39, 0.29) is 0 Å². The molecule has 0 saturated carbocycles. The highest BCUT2D eigenvalue weighted by Crippen LogP contribution is 2.27. The van der Waals surface area contributed by atoms with Crippen molar-refractivity contribution in [2.24, 2.45) is 0 Å². The van der Waals surface area contributed by atoms with Gasteiger partial charge in [0.05, 0.1) is 11.0 Å². The largest absolute Gasteiger partial charge is 0.444 e. The molecule has 3 heterocycles. The zero-order valence-corrected chi connectivity index (χ0v) is 15.4. The molecule has 0 saturated heterocycles. The van der Waals surface area contributed by atoms with Crippen LogP contribution in [0.25, 0.3) is 27.5 Å². The Kier molecular flexibility index (Phi) is 3.84. The molecule has 132 valence electrons. The van der Waals surface area contributed by atoms with E-state index in [1.807, 2.05) is 61.6 Å². The predicted octanol–water partition coefficient (Wildman–Crippen LogP) is 4.35. The van der Waals surface area contributed by atoms with Crippen molar-refractivity contribution in [3.8, 4) is 11.5 Å². The fourth-order valence-corrected chi connectivity index (χ4v) is 3.34. The van der Waals surface area contributed by atoms with Crippen LogP contribution < -0.4 is 5.32 Å². The summed E-state index contributed by atoms with van der Waals surface area (Å²) in [5.41, 5.74) is 1.95. The summed E-state index contributed by atoms with van der Waals surface area (Å²) >= 11 is 1.31. The van der Waals surface area contributed by atoms with Crippen molar-refractivity contribution in [2.75, 3.05) is 5.32 Å². The molecule has 26 heavy (non-hydrogen) atoms. The number of hydrogen-bond acceptors (Lipinski definition) is 6. The zero-order valence-electron chi connectivity index (χ0n) is 14.6. The van der Waals surface area contributed by atoms with Crippen molar-refractivity contribution >= 4 is 39.4 Å². The van der Waals surface area contributed by atoms with E-state index in [4.69, 9.17) is 4.74 Å². The van der Waals surface area contributed by atoms with Crippen LogP contribution in [0.2, 0.25) is 0 Å². The quantitative estimate of drug-likeness (QED) is 0.569. The van der Waals surface area contributed by atoms with Gasteiger partial charge < -0.3 is 4.74 Å². The second-order valence-corrected chi connectivity index (χ2v) is 7.49. The van der Waals surface area contributed by atoms with Crippen molar-refractivity contribution in [3.05, 3.63) is 42.5 Å². The first-order chi connectivity index (χ1) is 12.4. The number of para-hydroxylation sites is 2. The first-order valence-electron chi connectivity index (χ1n) is 8.11. The molecule has 0 aliphatic rings.